The summed E-state index contributed by atoms with van der Waals surface area (Å²) in [6, 6.07) is 8.56. The Morgan fingerprint density at radius 1 is 1.18 bits per heavy atom. The summed E-state index contributed by atoms with van der Waals surface area (Å²) in [4.78, 5) is 6.94. The molecule has 0 saturated carbocycles. The van der Waals surface area contributed by atoms with E-state index in [4.69, 9.17) is 0 Å². The highest BCUT2D eigenvalue weighted by Gasteiger charge is 2.03. The second kappa shape index (κ2) is 8.81. The Hall–Kier alpha value is -1.52. The number of aryl methyl sites for hydroxylation is 1. The molecule has 0 atom stereocenters. The molecule has 0 N–H and O–H groups in total. The normalized spacial score (nSPS) is 11.6. The summed E-state index contributed by atoms with van der Waals surface area (Å²) in [5, 5.41) is 1.00. The fourth-order valence-electron chi connectivity index (χ4n) is 2.27. The first kappa shape index (κ1) is 16.8. The third kappa shape index (κ3) is 5.70. The molecule has 0 amide bonds. The van der Waals surface area contributed by atoms with E-state index in [1.807, 2.05) is 0 Å². The maximum Gasteiger partial charge on any atom is 0.147 e. The molecule has 2 aromatic rings. The third-order valence-corrected chi connectivity index (χ3v) is 4.23. The molecule has 1 heterocycles. The zero-order valence-electron chi connectivity index (χ0n) is 13.7. The molecule has 1 aromatic heterocycles. The molecule has 0 radical (unpaired) electrons. The van der Waals surface area contributed by atoms with Gasteiger partial charge in [0.25, 0.3) is 0 Å². The average Bonchev–Trinajstić information content (AvgIpc) is 2.94. The number of hydrogen-bond donors (Lipinski definition) is 0. The molecule has 0 aliphatic carbocycles. The van der Waals surface area contributed by atoms with Crippen LogP contribution in [0.15, 0.2) is 30.3 Å². The van der Waals surface area contributed by atoms with Crippen LogP contribution in [0.3, 0.4) is 0 Å². The molecule has 0 spiro atoms. The number of benzene rings is 1. The summed E-state index contributed by atoms with van der Waals surface area (Å²) < 4.78 is 4.45. The minimum absolute atomic E-state index is 0.809. The number of rotatable bonds is 8. The van der Waals surface area contributed by atoms with Crippen LogP contribution in [0.4, 0.5) is 0 Å². The molecule has 0 fully saturated rings. The van der Waals surface area contributed by atoms with E-state index >= 15 is 0 Å². The molecule has 0 aliphatic rings. The molecule has 4 heteroatoms. The van der Waals surface area contributed by atoms with Crippen LogP contribution < -0.4 is 0 Å². The van der Waals surface area contributed by atoms with E-state index in [0.717, 1.165) is 36.8 Å². The SMILES string of the molecule is CCCN(C)CC/C=C\c1nc(Cc2ccc(C)cc2)ns1. The van der Waals surface area contributed by atoms with Gasteiger partial charge < -0.3 is 4.90 Å². The lowest BCUT2D eigenvalue weighted by molar-refractivity contribution is 0.342. The Bertz CT molecular complexity index is 587. The van der Waals surface area contributed by atoms with Gasteiger partial charge in [-0.3, -0.25) is 0 Å². The van der Waals surface area contributed by atoms with Crippen molar-refractivity contribution in [2.45, 2.75) is 33.1 Å². The first-order chi connectivity index (χ1) is 10.7. The molecule has 1 aromatic carbocycles. The fourth-order valence-corrected chi connectivity index (χ4v) is 2.88. The minimum atomic E-state index is 0.809. The summed E-state index contributed by atoms with van der Waals surface area (Å²) in [5.41, 5.74) is 2.55. The summed E-state index contributed by atoms with van der Waals surface area (Å²) in [6.07, 6.45) is 7.37. The average molecular weight is 315 g/mol. The van der Waals surface area contributed by atoms with E-state index in [1.165, 1.54) is 29.1 Å². The predicted octanol–water partition coefficient (Wildman–Crippen LogP) is 4.18. The van der Waals surface area contributed by atoms with Crippen molar-refractivity contribution in [3.8, 4) is 0 Å². The second-order valence-electron chi connectivity index (χ2n) is 5.71. The van der Waals surface area contributed by atoms with Crippen molar-refractivity contribution >= 4 is 17.6 Å². The molecular weight excluding hydrogens is 290 g/mol. The minimum Gasteiger partial charge on any atom is -0.306 e. The van der Waals surface area contributed by atoms with Gasteiger partial charge in [-0.2, -0.15) is 4.37 Å². The van der Waals surface area contributed by atoms with E-state index < -0.39 is 0 Å². The Morgan fingerprint density at radius 2 is 1.95 bits per heavy atom. The van der Waals surface area contributed by atoms with Gasteiger partial charge >= 0.3 is 0 Å². The van der Waals surface area contributed by atoms with Crippen LogP contribution >= 0.6 is 11.5 Å². The highest BCUT2D eigenvalue weighted by Crippen LogP contribution is 2.12. The van der Waals surface area contributed by atoms with E-state index in [0.29, 0.717) is 0 Å². The van der Waals surface area contributed by atoms with Crippen molar-refractivity contribution in [3.63, 3.8) is 0 Å². The monoisotopic (exact) mass is 315 g/mol. The topological polar surface area (TPSA) is 29.0 Å². The highest BCUT2D eigenvalue weighted by atomic mass is 32.1. The lowest BCUT2D eigenvalue weighted by Gasteiger charge is -2.13. The van der Waals surface area contributed by atoms with E-state index in [2.05, 4.69) is 71.6 Å². The predicted molar refractivity (Wildman–Crippen MR) is 95.3 cm³/mol. The molecule has 2 rings (SSSR count). The lowest BCUT2D eigenvalue weighted by Crippen LogP contribution is -2.19. The molecule has 0 saturated heterocycles. The van der Waals surface area contributed by atoms with Crippen LogP contribution in [0.1, 0.15) is 41.7 Å². The van der Waals surface area contributed by atoms with Crippen LogP contribution in [0.5, 0.6) is 0 Å². The zero-order valence-corrected chi connectivity index (χ0v) is 14.6. The van der Waals surface area contributed by atoms with Gasteiger partial charge in [0.05, 0.1) is 0 Å². The van der Waals surface area contributed by atoms with Gasteiger partial charge in [-0.25, -0.2) is 4.98 Å². The third-order valence-electron chi connectivity index (χ3n) is 3.51. The number of hydrogen-bond acceptors (Lipinski definition) is 4. The van der Waals surface area contributed by atoms with Crippen molar-refractivity contribution in [2.24, 2.45) is 0 Å². The van der Waals surface area contributed by atoms with Crippen LogP contribution in [0, 0.1) is 6.92 Å². The molecule has 0 bridgehead atoms. The van der Waals surface area contributed by atoms with Gasteiger partial charge in [-0.05, 0) is 56.5 Å². The van der Waals surface area contributed by atoms with E-state index in [1.54, 1.807) is 0 Å². The van der Waals surface area contributed by atoms with E-state index in [9.17, 15) is 0 Å². The quantitative estimate of drug-likeness (QED) is 0.731. The largest absolute Gasteiger partial charge is 0.306 e. The van der Waals surface area contributed by atoms with Gasteiger partial charge in [0, 0.05) is 13.0 Å². The van der Waals surface area contributed by atoms with Crippen molar-refractivity contribution in [3.05, 3.63) is 52.3 Å². The zero-order chi connectivity index (χ0) is 15.8. The summed E-state index contributed by atoms with van der Waals surface area (Å²) in [6.45, 7) is 6.57. The van der Waals surface area contributed by atoms with Crippen LogP contribution in [0.2, 0.25) is 0 Å². The summed E-state index contributed by atoms with van der Waals surface area (Å²) in [5.74, 6) is 0.914. The van der Waals surface area contributed by atoms with Crippen LogP contribution in [-0.4, -0.2) is 34.4 Å². The Labute approximate surface area is 137 Å². The van der Waals surface area contributed by atoms with Gasteiger partial charge in [0.15, 0.2) is 0 Å². The summed E-state index contributed by atoms with van der Waals surface area (Å²) in [7, 11) is 2.17. The molecule has 3 nitrogen and oxygen atoms in total. The van der Waals surface area contributed by atoms with Crippen molar-refractivity contribution in [1.82, 2.24) is 14.3 Å². The number of aromatic nitrogens is 2. The molecule has 0 aliphatic heterocycles. The first-order valence-electron chi connectivity index (χ1n) is 7.90. The highest BCUT2D eigenvalue weighted by molar-refractivity contribution is 7.06. The maximum absolute atomic E-state index is 4.59. The standard InChI is InChI=1S/C18H25N3S/c1-4-12-21(3)13-6-5-7-18-19-17(20-22-18)14-16-10-8-15(2)9-11-16/h5,7-11H,4,6,12-14H2,1-3H3/b7-5-. The van der Waals surface area contributed by atoms with Crippen molar-refractivity contribution in [1.29, 1.82) is 0 Å². The lowest BCUT2D eigenvalue weighted by atomic mass is 10.1. The Morgan fingerprint density at radius 3 is 2.68 bits per heavy atom. The fraction of sp³-hybridized carbons (Fsp3) is 0.444. The van der Waals surface area contributed by atoms with Gasteiger partial charge in [0.1, 0.15) is 10.8 Å². The summed E-state index contributed by atoms with van der Waals surface area (Å²) >= 11 is 1.48. The molecule has 0 unspecified atom stereocenters. The van der Waals surface area contributed by atoms with Crippen molar-refractivity contribution < 1.29 is 0 Å². The first-order valence-corrected chi connectivity index (χ1v) is 8.68. The van der Waals surface area contributed by atoms with Gasteiger partial charge in [-0.15, -0.1) is 0 Å². The van der Waals surface area contributed by atoms with Crippen LogP contribution in [-0.2, 0) is 6.42 Å². The Kier molecular flexibility index (Phi) is 6.74. The maximum atomic E-state index is 4.59. The van der Waals surface area contributed by atoms with Gasteiger partial charge in [-0.1, -0.05) is 42.8 Å². The molecule has 22 heavy (non-hydrogen) atoms. The Balaban J connectivity index is 1.82. The van der Waals surface area contributed by atoms with Crippen molar-refractivity contribution in [2.75, 3.05) is 20.1 Å². The smallest absolute Gasteiger partial charge is 0.147 e. The van der Waals surface area contributed by atoms with Gasteiger partial charge in [0.2, 0.25) is 0 Å². The molecular formula is C18H25N3S. The second-order valence-corrected chi connectivity index (χ2v) is 6.49. The van der Waals surface area contributed by atoms with E-state index in [-0.39, 0.29) is 0 Å². The van der Waals surface area contributed by atoms with Crippen LogP contribution in [0.25, 0.3) is 6.08 Å². The number of nitrogens with zero attached hydrogens (tertiary/aromatic N) is 3. The molecule has 118 valence electrons.